The van der Waals surface area contributed by atoms with Gasteiger partial charge >= 0.3 is 0 Å². The van der Waals surface area contributed by atoms with E-state index in [1.165, 1.54) is 12.8 Å². The quantitative estimate of drug-likeness (QED) is 0.762. The molecule has 5 fully saturated rings. The van der Waals surface area contributed by atoms with Crippen molar-refractivity contribution in [3.05, 3.63) is 29.6 Å². The summed E-state index contributed by atoms with van der Waals surface area (Å²) in [6.07, 6.45) is 8.47. The topological polar surface area (TPSA) is 79.3 Å². The van der Waals surface area contributed by atoms with Crippen molar-refractivity contribution in [2.75, 3.05) is 6.61 Å². The molecule has 4 heterocycles. The van der Waals surface area contributed by atoms with Gasteiger partial charge in [-0.05, 0) is 44.7 Å². The third kappa shape index (κ3) is 3.62. The largest absolute Gasteiger partial charge is 0.384 e. The Morgan fingerprint density at radius 1 is 0.906 bits per heavy atom. The summed E-state index contributed by atoms with van der Waals surface area (Å²) in [5.41, 5.74) is 0.439. The van der Waals surface area contributed by atoms with Crippen LogP contribution in [-0.4, -0.2) is 58.5 Å². The Morgan fingerprint density at radius 3 is 2.34 bits per heavy atom. The van der Waals surface area contributed by atoms with Crippen molar-refractivity contribution < 1.29 is 28.8 Å². The monoisotopic (exact) mass is 445 g/mol. The second-order valence-electron chi connectivity index (χ2n) is 10.4. The van der Waals surface area contributed by atoms with Gasteiger partial charge in [0.05, 0.1) is 6.61 Å². The van der Waals surface area contributed by atoms with E-state index in [-0.39, 0.29) is 6.10 Å². The van der Waals surface area contributed by atoms with Gasteiger partial charge in [-0.15, -0.1) is 0 Å². The number of pyridine rings is 1. The average molecular weight is 446 g/mol. The van der Waals surface area contributed by atoms with Gasteiger partial charge in [0.25, 0.3) is 0 Å². The van der Waals surface area contributed by atoms with Crippen LogP contribution in [0.25, 0.3) is 0 Å². The number of aromatic nitrogens is 1. The van der Waals surface area contributed by atoms with E-state index in [2.05, 4.69) is 4.98 Å². The van der Waals surface area contributed by atoms with Gasteiger partial charge in [-0.3, -0.25) is 4.98 Å². The first kappa shape index (κ1) is 21.4. The predicted octanol–water partition coefficient (Wildman–Crippen LogP) is 3.54. The van der Waals surface area contributed by atoms with Crippen LogP contribution in [0.5, 0.6) is 0 Å². The lowest BCUT2D eigenvalue weighted by Gasteiger charge is -2.39. The molecule has 2 saturated carbocycles. The zero-order chi connectivity index (χ0) is 21.8. The molecule has 3 aliphatic heterocycles. The highest BCUT2D eigenvalue weighted by Gasteiger charge is 2.67. The van der Waals surface area contributed by atoms with E-state index in [1.807, 2.05) is 25.1 Å². The summed E-state index contributed by atoms with van der Waals surface area (Å²) in [5, 5.41) is 12.2. The van der Waals surface area contributed by atoms with Gasteiger partial charge in [-0.1, -0.05) is 18.9 Å². The van der Waals surface area contributed by atoms with Gasteiger partial charge < -0.3 is 28.8 Å². The molecule has 32 heavy (non-hydrogen) atoms. The lowest BCUT2D eigenvalue weighted by molar-refractivity contribution is -0.272. The van der Waals surface area contributed by atoms with Gasteiger partial charge in [0.1, 0.15) is 23.9 Å². The number of nitrogens with zero attached hydrogens (tertiary/aromatic N) is 1. The van der Waals surface area contributed by atoms with Crippen LogP contribution in [0.4, 0.5) is 0 Å². The standard InChI is InChI=1S/C25H35NO6/c1-17-9-8-10-18(26-17)15-25(27)20(19-16-28-23(30-19)11-4-2-5-12-23)29-22-21(25)31-24(32-22)13-6-3-7-14-24/h8-10,19-22,27H,2-7,11-16H2,1H3/t19-,20+,21-,22+,25+/m0/s1. The number of aryl methyl sites for hydroxylation is 1. The maximum absolute atomic E-state index is 12.2. The van der Waals surface area contributed by atoms with Crippen molar-refractivity contribution in [2.24, 2.45) is 0 Å². The molecule has 5 atom stereocenters. The zero-order valence-electron chi connectivity index (χ0n) is 19.0. The molecular formula is C25H35NO6. The van der Waals surface area contributed by atoms with Crippen LogP contribution in [0.15, 0.2) is 18.2 Å². The maximum atomic E-state index is 12.2. The van der Waals surface area contributed by atoms with E-state index in [0.717, 1.165) is 62.8 Å². The lowest BCUT2D eigenvalue weighted by atomic mass is 9.84. The van der Waals surface area contributed by atoms with Crippen molar-refractivity contribution in [3.63, 3.8) is 0 Å². The molecule has 1 aromatic rings. The molecule has 2 aliphatic carbocycles. The number of fused-ring (bicyclic) bond motifs is 1. The molecule has 3 saturated heterocycles. The Labute approximate surface area is 189 Å². The smallest absolute Gasteiger partial charge is 0.190 e. The highest BCUT2D eigenvalue weighted by molar-refractivity contribution is 5.18. The molecule has 1 N–H and O–H groups in total. The Balaban J connectivity index is 1.28. The van der Waals surface area contributed by atoms with Crippen molar-refractivity contribution in [2.45, 2.75) is 119 Å². The zero-order valence-corrected chi connectivity index (χ0v) is 19.0. The van der Waals surface area contributed by atoms with Crippen molar-refractivity contribution in [3.8, 4) is 0 Å². The molecule has 1 aromatic heterocycles. The van der Waals surface area contributed by atoms with Gasteiger partial charge in [-0.2, -0.15) is 0 Å². The van der Waals surface area contributed by atoms with Crippen molar-refractivity contribution in [1.82, 2.24) is 4.98 Å². The van der Waals surface area contributed by atoms with E-state index in [9.17, 15) is 5.11 Å². The van der Waals surface area contributed by atoms with Crippen molar-refractivity contribution in [1.29, 1.82) is 0 Å². The Bertz CT molecular complexity index is 835. The lowest BCUT2D eigenvalue weighted by Crippen LogP contribution is -2.56. The maximum Gasteiger partial charge on any atom is 0.190 e. The Hall–Kier alpha value is -1.09. The molecule has 7 nitrogen and oxygen atoms in total. The van der Waals surface area contributed by atoms with E-state index >= 15 is 0 Å². The highest BCUT2D eigenvalue weighted by Crippen LogP contribution is 2.51. The third-order valence-corrected chi connectivity index (χ3v) is 8.04. The summed E-state index contributed by atoms with van der Waals surface area (Å²) in [4.78, 5) is 4.66. The second-order valence-corrected chi connectivity index (χ2v) is 10.4. The van der Waals surface area contributed by atoms with Gasteiger partial charge in [-0.25, -0.2) is 0 Å². The van der Waals surface area contributed by atoms with E-state index in [4.69, 9.17) is 23.7 Å². The van der Waals surface area contributed by atoms with Crippen LogP contribution in [0.1, 0.15) is 75.6 Å². The van der Waals surface area contributed by atoms with Crippen LogP contribution in [-0.2, 0) is 30.1 Å². The summed E-state index contributed by atoms with van der Waals surface area (Å²) < 4.78 is 32.0. The highest BCUT2D eigenvalue weighted by atomic mass is 16.8. The second kappa shape index (κ2) is 8.00. The summed E-state index contributed by atoms with van der Waals surface area (Å²) >= 11 is 0. The molecule has 0 radical (unpaired) electrons. The fourth-order valence-electron chi connectivity index (χ4n) is 6.45. The van der Waals surface area contributed by atoms with E-state index in [1.54, 1.807) is 0 Å². The van der Waals surface area contributed by atoms with Crippen LogP contribution < -0.4 is 0 Å². The normalized spacial score (nSPS) is 40.2. The van der Waals surface area contributed by atoms with E-state index < -0.39 is 35.7 Å². The molecule has 5 aliphatic rings. The molecular weight excluding hydrogens is 410 g/mol. The van der Waals surface area contributed by atoms with E-state index in [0.29, 0.717) is 13.0 Å². The summed E-state index contributed by atoms with van der Waals surface area (Å²) in [7, 11) is 0. The average Bonchev–Trinajstić information content (AvgIpc) is 3.41. The third-order valence-electron chi connectivity index (χ3n) is 8.04. The Kier molecular flexibility index (Phi) is 5.36. The minimum atomic E-state index is -1.30. The van der Waals surface area contributed by atoms with Gasteiger partial charge in [0.15, 0.2) is 17.9 Å². The van der Waals surface area contributed by atoms with Crippen LogP contribution >= 0.6 is 0 Å². The van der Waals surface area contributed by atoms with Gasteiger partial charge in [0, 0.05) is 43.5 Å². The minimum absolute atomic E-state index is 0.326. The first-order chi connectivity index (χ1) is 15.5. The molecule has 0 unspecified atom stereocenters. The minimum Gasteiger partial charge on any atom is -0.384 e. The number of rotatable bonds is 3. The number of hydrogen-bond acceptors (Lipinski definition) is 7. The molecule has 7 heteroatoms. The fourth-order valence-corrected chi connectivity index (χ4v) is 6.45. The predicted molar refractivity (Wildman–Crippen MR) is 115 cm³/mol. The summed E-state index contributed by atoms with van der Waals surface area (Å²) in [6, 6.07) is 5.90. The number of ether oxygens (including phenoxy) is 5. The first-order valence-electron chi connectivity index (χ1n) is 12.5. The number of aliphatic hydroxyl groups is 1. The first-order valence-corrected chi connectivity index (χ1v) is 12.5. The van der Waals surface area contributed by atoms with Gasteiger partial charge in [0.2, 0.25) is 0 Å². The van der Waals surface area contributed by atoms with Crippen LogP contribution in [0.2, 0.25) is 0 Å². The SMILES string of the molecule is Cc1cccc(C[C@@]2(O)[C@@H]([C@@H]3COC4(CCCCC4)O3)O[C@@H]3OC4(CCCCC4)O[C@@H]32)n1. The summed E-state index contributed by atoms with van der Waals surface area (Å²) in [5.74, 6) is -1.16. The fraction of sp³-hybridized carbons (Fsp3) is 0.800. The summed E-state index contributed by atoms with van der Waals surface area (Å²) in [6.45, 7) is 2.38. The molecule has 176 valence electrons. The molecule has 0 aromatic carbocycles. The van der Waals surface area contributed by atoms with Crippen molar-refractivity contribution >= 4 is 0 Å². The Morgan fingerprint density at radius 2 is 1.62 bits per heavy atom. The molecule has 0 amide bonds. The molecule has 6 rings (SSSR count). The van der Waals surface area contributed by atoms with Crippen LogP contribution in [0.3, 0.4) is 0 Å². The van der Waals surface area contributed by atoms with Crippen LogP contribution in [0, 0.1) is 6.92 Å². The number of hydrogen-bond donors (Lipinski definition) is 1. The molecule has 0 bridgehead atoms. The molecule has 2 spiro atoms.